The van der Waals surface area contributed by atoms with E-state index in [1.165, 1.54) is 208 Å². The van der Waals surface area contributed by atoms with Crippen molar-refractivity contribution in [3.8, 4) is 28.2 Å². The fraction of sp³-hybridized carbons (Fsp3) is 0.0973. The Bertz CT molecular complexity index is 7250. The van der Waals surface area contributed by atoms with Crippen LogP contribution in [0.15, 0.2) is 381 Å². The first-order valence-corrected chi connectivity index (χ1v) is 42.1. The van der Waals surface area contributed by atoms with Crippen LogP contribution in [0.25, 0.3) is 136 Å². The molecule has 0 saturated carbocycles. The normalized spacial score (nSPS) is 11.9. The number of hydrogen-bond donors (Lipinski definition) is 0. The number of fused-ring (bicyclic) bond motifs is 18. The minimum atomic E-state index is 0.639. The van der Waals surface area contributed by atoms with E-state index in [1.54, 1.807) is 0 Å². The third-order valence-corrected chi connectivity index (χ3v) is 24.7. The Morgan fingerprint density at radius 1 is 0.235 bits per heavy atom. The maximum atomic E-state index is 5.79. The molecule has 0 radical (unpaired) electrons. The third kappa shape index (κ3) is 14.1. The predicted molar refractivity (Wildman–Crippen MR) is 513 cm³/mol. The summed E-state index contributed by atoms with van der Waals surface area (Å²) < 4.78 is 16.3. The van der Waals surface area contributed by atoms with Gasteiger partial charge in [-0.2, -0.15) is 4.48 Å². The van der Waals surface area contributed by atoms with Gasteiger partial charge in [0.25, 0.3) is 0 Å². The monoisotopic (exact) mass is 1560 g/mol. The van der Waals surface area contributed by atoms with Crippen molar-refractivity contribution in [2.24, 2.45) is 0 Å². The molecule has 0 amide bonds. The first-order valence-electron chi connectivity index (χ1n) is 41.3. The summed E-state index contributed by atoms with van der Waals surface area (Å²) in [6.07, 6.45) is 0. The van der Waals surface area contributed by atoms with E-state index in [0.717, 1.165) is 11.2 Å². The van der Waals surface area contributed by atoms with Crippen molar-refractivity contribution in [3.05, 3.63) is 437 Å². The van der Waals surface area contributed by atoms with Crippen LogP contribution in [0.2, 0.25) is 0 Å². The average molecular weight is 1560 g/mol. The summed E-state index contributed by atoms with van der Waals surface area (Å²) in [7, 11) is 0. The summed E-state index contributed by atoms with van der Waals surface area (Å²) in [5.74, 6) is 0. The van der Waals surface area contributed by atoms with E-state index in [9.17, 15) is 0 Å². The highest BCUT2D eigenvalue weighted by Gasteiger charge is 2.48. The Morgan fingerprint density at radius 3 is 1.24 bits per heavy atom. The number of para-hydroxylation sites is 8. The topological polar surface area (TPSA) is 27.9 Å². The van der Waals surface area contributed by atoms with E-state index >= 15 is 0 Å². The van der Waals surface area contributed by atoms with Gasteiger partial charge in [-0.05, 0) is 237 Å². The van der Waals surface area contributed by atoms with E-state index in [0.29, 0.717) is 4.48 Å². The minimum Gasteiger partial charge on any atom is -0.456 e. The molecule has 0 N–H and O–H groups in total. The Balaban J connectivity index is 0.0000000991. The number of aromatic nitrogens is 3. The summed E-state index contributed by atoms with van der Waals surface area (Å²) in [6.45, 7) is 23.8. The molecule has 22 aromatic rings. The molecular formula is C113H95N4OS+. The zero-order valence-electron chi connectivity index (χ0n) is 69.4. The summed E-state index contributed by atoms with van der Waals surface area (Å²) >= 11 is 1.88. The molecule has 0 bridgehead atoms. The van der Waals surface area contributed by atoms with Gasteiger partial charge in [-0.25, -0.2) is 0 Å². The van der Waals surface area contributed by atoms with Crippen LogP contribution in [0.5, 0.6) is 0 Å². The van der Waals surface area contributed by atoms with Gasteiger partial charge < -0.3 is 18.1 Å². The fourth-order valence-electron chi connectivity index (χ4n) is 18.2. The lowest BCUT2D eigenvalue weighted by molar-refractivity contribution is 0.668. The predicted octanol–water partition coefficient (Wildman–Crippen LogP) is 32.4. The van der Waals surface area contributed by atoms with Crippen LogP contribution < -0.4 is 4.48 Å². The number of quaternary nitrogens is 1. The Kier molecular flexibility index (Phi) is 20.7. The summed E-state index contributed by atoms with van der Waals surface area (Å²) in [4.78, 5) is 0. The van der Waals surface area contributed by atoms with Crippen LogP contribution in [0, 0.1) is 76.2 Å². The van der Waals surface area contributed by atoms with Crippen LogP contribution in [-0.4, -0.2) is 13.7 Å². The summed E-state index contributed by atoms with van der Waals surface area (Å²) in [5, 5.41) is 13.3. The summed E-state index contributed by atoms with van der Waals surface area (Å²) in [5.41, 5.74) is 35.5. The van der Waals surface area contributed by atoms with Crippen molar-refractivity contribution >= 4 is 142 Å². The number of rotatable bonds is 5. The van der Waals surface area contributed by atoms with Gasteiger partial charge in [0.2, 0.25) is 0 Å². The van der Waals surface area contributed by atoms with E-state index in [1.807, 2.05) is 29.5 Å². The van der Waals surface area contributed by atoms with Gasteiger partial charge in [0.1, 0.15) is 22.5 Å². The molecule has 0 atom stereocenters. The minimum absolute atomic E-state index is 0.639. The second kappa shape index (κ2) is 32.3. The number of nitrogens with zero attached hydrogens (tertiary/aromatic N) is 4. The molecule has 1 aliphatic rings. The van der Waals surface area contributed by atoms with Crippen LogP contribution in [0.1, 0.15) is 61.2 Å². The standard InChI is InChI=1S/C25H20N.3C20H17N.C14H12O.C14H12S/c1-19-11-10-17-23-22-16-8-9-18-24(22)26(25(19)23,20-12-4-2-5-13-20)21-14-6-3-7-15-21;1-14-8-7-13-18-19(14)17-12-6-9-15(2)20(17)21(18)16-10-4-3-5-11-16;1-14-8-10-19-17(12-14)18-13-15(2)9-11-20(18)21(19)16-6-4-3-5-7-16;1-14-8-10-17-18-11-9-15(2)13-20(18)21(19(17)12-14)16-6-4-3-5-7-16;2*1-9-6-7-12-11(8-9)14-10(2)4-3-5-13(14)15-12/h2-18H,1H3;3*3-13H,1-2H3;2*3-8H,1-2H3/q+1;;;;;. The Morgan fingerprint density at radius 2 is 0.655 bits per heavy atom. The highest BCUT2D eigenvalue weighted by atomic mass is 32.1. The number of benzene rings is 17. The lowest BCUT2D eigenvalue weighted by Gasteiger charge is -2.35. The number of aryl methyl sites for hydroxylation is 11. The molecule has 0 fully saturated rings. The molecule has 0 spiro atoms. The second-order valence-corrected chi connectivity index (χ2v) is 33.0. The third-order valence-electron chi connectivity index (χ3n) is 23.6. The SMILES string of the molecule is Cc1ccc2c(c1)c1cc(C)ccc1n2-c1ccccc1.Cc1ccc2c3ccc(C)cc3n(-c3ccccc3)c2c1.Cc1ccc2oc3cccc(C)c3c2c1.Cc1ccc2sc3cccc(C)c3c2c1.Cc1cccc2c1[N+](c1ccccc1)(c1ccccc1)c1ccccc1-2.Cc1cccc2c1c1cccc(C)c1n2-c1ccccc1. The van der Waals surface area contributed by atoms with Gasteiger partial charge >= 0.3 is 0 Å². The molecule has 119 heavy (non-hydrogen) atoms. The molecule has 6 heteroatoms. The molecule has 578 valence electrons. The lowest BCUT2D eigenvalue weighted by Crippen LogP contribution is -2.31. The molecule has 0 aliphatic carbocycles. The van der Waals surface area contributed by atoms with Crippen molar-refractivity contribution < 1.29 is 4.42 Å². The van der Waals surface area contributed by atoms with Crippen molar-refractivity contribution in [3.63, 3.8) is 0 Å². The second-order valence-electron chi connectivity index (χ2n) is 32.0. The molecule has 1 aliphatic heterocycles. The van der Waals surface area contributed by atoms with E-state index in [-0.39, 0.29) is 0 Å². The molecule has 23 rings (SSSR count). The molecule has 5 aromatic heterocycles. The van der Waals surface area contributed by atoms with Gasteiger partial charge in [-0.3, -0.25) is 0 Å². The van der Waals surface area contributed by atoms with Gasteiger partial charge in [0.15, 0.2) is 11.4 Å². The molecule has 0 saturated heterocycles. The summed E-state index contributed by atoms with van der Waals surface area (Å²) in [6, 6.07) is 135. The maximum absolute atomic E-state index is 5.79. The number of hydrogen-bond acceptors (Lipinski definition) is 2. The number of thiophene rings is 1. The first kappa shape index (κ1) is 76.4. The van der Waals surface area contributed by atoms with Gasteiger partial charge in [-0.1, -0.05) is 241 Å². The van der Waals surface area contributed by atoms with Gasteiger partial charge in [0, 0.05) is 116 Å². The largest absolute Gasteiger partial charge is 0.456 e. The van der Waals surface area contributed by atoms with Crippen molar-refractivity contribution in [2.75, 3.05) is 0 Å². The van der Waals surface area contributed by atoms with Crippen LogP contribution in [0.4, 0.5) is 22.7 Å². The van der Waals surface area contributed by atoms with E-state index < -0.39 is 0 Å². The lowest BCUT2D eigenvalue weighted by atomic mass is 10.0. The van der Waals surface area contributed by atoms with Crippen LogP contribution in [-0.2, 0) is 0 Å². The van der Waals surface area contributed by atoms with Gasteiger partial charge in [0.05, 0.1) is 44.2 Å². The molecule has 17 aromatic carbocycles. The first-order chi connectivity index (χ1) is 58.1. The molecule has 5 nitrogen and oxygen atoms in total. The number of furan rings is 1. The highest BCUT2D eigenvalue weighted by molar-refractivity contribution is 7.25. The molecular weight excluding hydrogens is 1460 g/mol. The molecule has 6 heterocycles. The van der Waals surface area contributed by atoms with Crippen LogP contribution >= 0.6 is 11.3 Å². The Labute approximate surface area is 701 Å². The Hall–Kier alpha value is -13.9. The van der Waals surface area contributed by atoms with E-state index in [4.69, 9.17) is 4.42 Å². The zero-order chi connectivity index (χ0) is 81.6. The molecule has 0 unspecified atom stereocenters. The highest BCUT2D eigenvalue weighted by Crippen LogP contribution is 2.63. The van der Waals surface area contributed by atoms with Gasteiger partial charge in [-0.15, -0.1) is 11.3 Å². The smallest absolute Gasteiger partial charge is 0.159 e. The van der Waals surface area contributed by atoms with Crippen molar-refractivity contribution in [2.45, 2.75) is 76.2 Å². The van der Waals surface area contributed by atoms with Crippen LogP contribution in [0.3, 0.4) is 0 Å². The zero-order valence-corrected chi connectivity index (χ0v) is 70.2. The average Bonchev–Trinajstić information content (AvgIpc) is 1.54. The van der Waals surface area contributed by atoms with E-state index in [2.05, 4.69) is 448 Å². The maximum Gasteiger partial charge on any atom is 0.159 e. The quantitative estimate of drug-likeness (QED) is 0.158. The van der Waals surface area contributed by atoms with Crippen molar-refractivity contribution in [1.82, 2.24) is 18.2 Å². The fourth-order valence-corrected chi connectivity index (χ4v) is 19.3. The van der Waals surface area contributed by atoms with Crippen molar-refractivity contribution in [1.29, 1.82) is 0 Å².